The van der Waals surface area contributed by atoms with Crippen LogP contribution in [0.25, 0.3) is 16.8 Å². The highest BCUT2D eigenvalue weighted by molar-refractivity contribution is 6.30. The number of ether oxygens (including phenoxy) is 1. The van der Waals surface area contributed by atoms with Crippen molar-refractivity contribution in [1.29, 1.82) is 0 Å². The second kappa shape index (κ2) is 13.0. The van der Waals surface area contributed by atoms with E-state index in [1.807, 2.05) is 0 Å². The van der Waals surface area contributed by atoms with Gasteiger partial charge in [0.25, 0.3) is 0 Å². The first kappa shape index (κ1) is 33.6. The van der Waals surface area contributed by atoms with Crippen LogP contribution in [0.5, 0.6) is 0 Å². The lowest BCUT2D eigenvalue weighted by molar-refractivity contribution is -0.210. The number of aromatic nitrogens is 5. The molecular weight excluding hydrogens is 668 g/mol. The van der Waals surface area contributed by atoms with E-state index in [0.717, 1.165) is 45.3 Å². The number of rotatable bonds is 7. The predicted molar refractivity (Wildman–Crippen MR) is 159 cm³/mol. The topological polar surface area (TPSA) is 118 Å². The number of aryl methyl sites for hydroxylation is 1. The second-order valence-corrected chi connectivity index (χ2v) is 11.7. The Balaban J connectivity index is 1.48. The van der Waals surface area contributed by atoms with Crippen LogP contribution in [0.4, 0.5) is 26.3 Å². The SMILES string of the molecule is Cc1nc([C@@H]2OC(CO)[C@H](O)[C@H](n3cc(-c4cc(F)c(F)c(F)c4)c(Cc4ccccc4)n3)C2O)n(-c2cc(Cl)ccc2C(F)(F)F)n1. The Morgan fingerprint density at radius 1 is 0.938 bits per heavy atom. The van der Waals surface area contributed by atoms with E-state index in [-0.39, 0.29) is 39.9 Å². The Labute approximate surface area is 273 Å². The summed E-state index contributed by atoms with van der Waals surface area (Å²) in [5, 5.41) is 41.8. The van der Waals surface area contributed by atoms with Crippen LogP contribution in [0.2, 0.25) is 5.02 Å². The van der Waals surface area contributed by atoms with Gasteiger partial charge in [-0.2, -0.15) is 23.4 Å². The maximum absolute atomic E-state index is 14.4. The zero-order valence-corrected chi connectivity index (χ0v) is 25.5. The van der Waals surface area contributed by atoms with Gasteiger partial charge in [0.2, 0.25) is 0 Å². The largest absolute Gasteiger partial charge is 0.418 e. The Morgan fingerprint density at radius 3 is 2.27 bits per heavy atom. The lowest BCUT2D eigenvalue weighted by atomic mass is 9.92. The monoisotopic (exact) mass is 693 g/mol. The van der Waals surface area contributed by atoms with Gasteiger partial charge in [0.05, 0.1) is 23.6 Å². The molecule has 252 valence electrons. The standard InChI is InChI=1S/C32H26ClF6N5O4/c1-15-40-31(44(41-15)24-12-18(33)7-8-20(24)32(37,38)39)30-29(47)27(28(46)25(14-45)48-30)43-13-19(17-10-21(34)26(36)22(35)11-17)23(42-43)9-16-5-3-2-4-6-16/h2-8,10-13,25,27-30,45-47H,9,14H2,1H3/t25?,27-,28-,29?,30+/m0/s1. The molecule has 5 aromatic rings. The number of alkyl halides is 3. The molecule has 3 heterocycles. The van der Waals surface area contributed by atoms with Crippen molar-refractivity contribution < 1.29 is 46.4 Å². The van der Waals surface area contributed by atoms with E-state index >= 15 is 0 Å². The van der Waals surface area contributed by atoms with Crippen LogP contribution in [0.1, 0.15) is 40.6 Å². The van der Waals surface area contributed by atoms with E-state index in [1.54, 1.807) is 30.3 Å². The van der Waals surface area contributed by atoms with Crippen molar-refractivity contribution in [2.24, 2.45) is 0 Å². The molecule has 0 radical (unpaired) electrons. The average Bonchev–Trinajstić information content (AvgIpc) is 3.63. The predicted octanol–water partition coefficient (Wildman–Crippen LogP) is 5.51. The molecule has 3 aromatic carbocycles. The van der Waals surface area contributed by atoms with Gasteiger partial charge in [-0.15, -0.1) is 0 Å². The summed E-state index contributed by atoms with van der Waals surface area (Å²) in [7, 11) is 0. The highest BCUT2D eigenvalue weighted by atomic mass is 35.5. The lowest BCUT2D eigenvalue weighted by Crippen LogP contribution is -2.53. The Morgan fingerprint density at radius 2 is 1.62 bits per heavy atom. The fraction of sp³-hybridized carbons (Fsp3) is 0.281. The second-order valence-electron chi connectivity index (χ2n) is 11.2. The molecule has 9 nitrogen and oxygen atoms in total. The number of halogens is 7. The average molecular weight is 694 g/mol. The molecule has 5 atom stereocenters. The third-order valence-electron chi connectivity index (χ3n) is 8.00. The molecule has 6 rings (SSSR count). The lowest BCUT2D eigenvalue weighted by Gasteiger charge is -2.42. The molecule has 2 aromatic heterocycles. The molecule has 1 aliphatic rings. The summed E-state index contributed by atoms with van der Waals surface area (Å²) < 4.78 is 92.5. The van der Waals surface area contributed by atoms with Crippen LogP contribution in [-0.4, -0.2) is 64.8 Å². The normalized spacial score (nSPS) is 21.5. The summed E-state index contributed by atoms with van der Waals surface area (Å²) >= 11 is 6.06. The van der Waals surface area contributed by atoms with Gasteiger partial charge in [0, 0.05) is 23.2 Å². The minimum Gasteiger partial charge on any atom is -0.394 e. The molecule has 1 fully saturated rings. The van der Waals surface area contributed by atoms with Crippen LogP contribution in [0.15, 0.2) is 66.9 Å². The molecule has 0 amide bonds. The minimum absolute atomic E-state index is 0.00371. The fourth-order valence-electron chi connectivity index (χ4n) is 5.79. The molecule has 3 N–H and O–H groups in total. The van der Waals surface area contributed by atoms with Crippen LogP contribution in [0.3, 0.4) is 0 Å². The van der Waals surface area contributed by atoms with Crippen molar-refractivity contribution in [2.45, 2.75) is 50.0 Å². The van der Waals surface area contributed by atoms with E-state index in [4.69, 9.17) is 16.3 Å². The smallest absolute Gasteiger partial charge is 0.394 e. The number of hydrogen-bond acceptors (Lipinski definition) is 7. The van der Waals surface area contributed by atoms with Crippen LogP contribution >= 0.6 is 11.6 Å². The maximum atomic E-state index is 14.4. The van der Waals surface area contributed by atoms with Crippen LogP contribution in [0, 0.1) is 24.4 Å². The van der Waals surface area contributed by atoms with Crippen molar-refractivity contribution in [3.8, 4) is 16.8 Å². The van der Waals surface area contributed by atoms with Gasteiger partial charge >= 0.3 is 6.18 Å². The first-order valence-corrected chi connectivity index (χ1v) is 14.8. The van der Waals surface area contributed by atoms with Crippen molar-refractivity contribution in [2.75, 3.05) is 6.61 Å². The van der Waals surface area contributed by atoms with Gasteiger partial charge in [-0.05, 0) is 48.4 Å². The zero-order valence-electron chi connectivity index (χ0n) is 24.8. The summed E-state index contributed by atoms with van der Waals surface area (Å²) in [6.45, 7) is 0.609. The molecule has 0 spiro atoms. The van der Waals surface area contributed by atoms with Crippen molar-refractivity contribution in [3.05, 3.63) is 118 Å². The van der Waals surface area contributed by atoms with Gasteiger partial charge < -0.3 is 20.1 Å². The highest BCUT2D eigenvalue weighted by Crippen LogP contribution is 2.41. The van der Waals surface area contributed by atoms with Gasteiger partial charge in [0.1, 0.15) is 36.3 Å². The number of nitrogens with zero attached hydrogens (tertiary/aromatic N) is 5. The third kappa shape index (κ3) is 6.31. The zero-order chi connectivity index (χ0) is 34.5. The van der Waals surface area contributed by atoms with Crippen molar-refractivity contribution in [1.82, 2.24) is 24.5 Å². The summed E-state index contributed by atoms with van der Waals surface area (Å²) in [5.41, 5.74) is -0.631. The van der Waals surface area contributed by atoms with Gasteiger partial charge in [-0.25, -0.2) is 22.8 Å². The molecule has 16 heteroatoms. The van der Waals surface area contributed by atoms with E-state index in [2.05, 4.69) is 15.2 Å². The van der Waals surface area contributed by atoms with Gasteiger partial charge in [0.15, 0.2) is 23.3 Å². The molecular formula is C32H26ClF6N5O4. The number of benzene rings is 3. The van der Waals surface area contributed by atoms with E-state index in [1.165, 1.54) is 13.1 Å². The molecule has 2 unspecified atom stereocenters. The quantitative estimate of drug-likeness (QED) is 0.152. The van der Waals surface area contributed by atoms with E-state index < -0.39 is 71.9 Å². The molecule has 1 saturated heterocycles. The maximum Gasteiger partial charge on any atom is 0.418 e. The van der Waals surface area contributed by atoms with Crippen molar-refractivity contribution >= 4 is 11.6 Å². The molecule has 0 bridgehead atoms. The Kier molecular flexibility index (Phi) is 9.08. The van der Waals surface area contributed by atoms with Gasteiger partial charge in [-0.3, -0.25) is 4.68 Å². The minimum atomic E-state index is -4.84. The summed E-state index contributed by atoms with van der Waals surface area (Å²) in [5.74, 6) is -4.88. The Bertz CT molecular complexity index is 1930. The number of aliphatic hydroxyl groups is 3. The molecule has 1 aliphatic heterocycles. The fourth-order valence-corrected chi connectivity index (χ4v) is 5.96. The van der Waals surface area contributed by atoms with Crippen LogP contribution in [-0.2, 0) is 17.3 Å². The summed E-state index contributed by atoms with van der Waals surface area (Å²) in [6, 6.07) is 11.8. The number of hydrogen-bond donors (Lipinski definition) is 3. The Hall–Kier alpha value is -4.28. The van der Waals surface area contributed by atoms with E-state index in [9.17, 15) is 41.7 Å². The first-order valence-electron chi connectivity index (χ1n) is 14.5. The molecule has 0 saturated carbocycles. The van der Waals surface area contributed by atoms with Crippen LogP contribution < -0.4 is 0 Å². The third-order valence-corrected chi connectivity index (χ3v) is 8.24. The highest BCUT2D eigenvalue weighted by Gasteiger charge is 2.49. The first-order chi connectivity index (χ1) is 22.8. The number of aliphatic hydroxyl groups excluding tert-OH is 3. The van der Waals surface area contributed by atoms with Crippen molar-refractivity contribution in [3.63, 3.8) is 0 Å². The summed E-state index contributed by atoms with van der Waals surface area (Å²) in [6.07, 6.45) is -9.91. The molecule has 48 heavy (non-hydrogen) atoms. The summed E-state index contributed by atoms with van der Waals surface area (Å²) in [4.78, 5) is 4.23. The van der Waals surface area contributed by atoms with E-state index in [0.29, 0.717) is 0 Å². The molecule has 0 aliphatic carbocycles. The van der Waals surface area contributed by atoms with Gasteiger partial charge in [-0.1, -0.05) is 41.9 Å².